The first kappa shape index (κ1) is 15.3. The Kier molecular flexibility index (Phi) is 6.07. The van der Waals surface area contributed by atoms with Crippen LogP contribution in [0, 0.1) is 0 Å². The summed E-state index contributed by atoms with van der Waals surface area (Å²) >= 11 is 0. The largest absolute Gasteiger partial charge is 0.389 e. The molecule has 0 aliphatic rings. The lowest BCUT2D eigenvalue weighted by molar-refractivity contribution is 0.236. The molecule has 0 amide bonds. The molecule has 0 aromatic rings. The van der Waals surface area contributed by atoms with E-state index in [4.69, 9.17) is 5.11 Å². The highest BCUT2D eigenvalue weighted by molar-refractivity contribution is 5.49. The first-order chi connectivity index (χ1) is 7.81. The van der Waals surface area contributed by atoms with Gasteiger partial charge in [0.2, 0.25) is 0 Å². The summed E-state index contributed by atoms with van der Waals surface area (Å²) in [4.78, 5) is 0. The lowest BCUT2D eigenvalue weighted by Crippen LogP contribution is -2.00. The Labute approximate surface area is 100 Å². The van der Waals surface area contributed by atoms with Gasteiger partial charge in [-0.05, 0) is 24.1 Å². The Bertz CT molecular complexity index is 412. The Hall–Kier alpha value is -1.74. The van der Waals surface area contributed by atoms with Crippen molar-refractivity contribution >= 4 is 0 Å². The van der Waals surface area contributed by atoms with Gasteiger partial charge in [-0.2, -0.15) is 0 Å². The highest BCUT2D eigenvalue weighted by atomic mass is 19.2. The van der Waals surface area contributed by atoms with E-state index in [0.717, 1.165) is 6.08 Å². The Morgan fingerprint density at radius 2 is 1.71 bits per heavy atom. The van der Waals surface area contributed by atoms with Gasteiger partial charge in [-0.25, -0.2) is 8.78 Å². The summed E-state index contributed by atoms with van der Waals surface area (Å²) in [5, 5.41) is 9.15. The Balaban J connectivity index is 4.82. The molecule has 0 fully saturated rings. The third kappa shape index (κ3) is 4.74. The number of aliphatic hydroxyl groups is 1. The van der Waals surface area contributed by atoms with Crippen LogP contribution in [0.4, 0.5) is 8.78 Å². The molecule has 0 aromatic heterocycles. The normalized spacial score (nSPS) is 14.1. The molecule has 1 N–H and O–H groups in total. The molecular weight excluding hydrogens is 222 g/mol. The van der Waals surface area contributed by atoms with Crippen LogP contribution in [0.15, 0.2) is 72.9 Å². The number of hydrogen-bond acceptors (Lipinski definition) is 1. The van der Waals surface area contributed by atoms with Crippen LogP contribution in [0.1, 0.15) is 6.92 Å². The zero-order valence-corrected chi connectivity index (χ0v) is 9.84. The highest BCUT2D eigenvalue weighted by Crippen LogP contribution is 2.23. The minimum Gasteiger partial charge on any atom is -0.389 e. The van der Waals surface area contributed by atoms with Gasteiger partial charge >= 0.3 is 0 Å². The SMILES string of the molecule is C=C/C(F)=C(/F)C(=C)C(=C)/C=C\C(=C)C(C)O. The summed E-state index contributed by atoms with van der Waals surface area (Å²) in [5.41, 5.74) is 0.464. The smallest absolute Gasteiger partial charge is 0.165 e. The molecule has 0 heterocycles. The minimum absolute atomic E-state index is 0.169. The second-order valence-electron chi connectivity index (χ2n) is 3.45. The standard InChI is InChI=1S/C14H16F2O/c1-6-13(15)14(16)11(4)9(2)7-8-10(3)12(5)17/h6-8,12,17H,1-4H2,5H3/b8-7-,14-13-. The van der Waals surface area contributed by atoms with Crippen molar-refractivity contribution in [3.63, 3.8) is 0 Å². The van der Waals surface area contributed by atoms with Crippen molar-refractivity contribution in [1.82, 2.24) is 0 Å². The summed E-state index contributed by atoms with van der Waals surface area (Å²) in [6.07, 6.45) is 2.93. The molecule has 0 bridgehead atoms. The first-order valence-electron chi connectivity index (χ1n) is 4.92. The fourth-order valence-electron chi connectivity index (χ4n) is 0.822. The molecule has 0 rings (SSSR count). The van der Waals surface area contributed by atoms with Crippen molar-refractivity contribution in [3.05, 3.63) is 72.9 Å². The Morgan fingerprint density at radius 1 is 1.18 bits per heavy atom. The third-order valence-electron chi connectivity index (χ3n) is 2.08. The second-order valence-corrected chi connectivity index (χ2v) is 3.45. The fraction of sp³-hybridized carbons (Fsp3) is 0.143. The molecule has 0 aliphatic carbocycles. The van der Waals surface area contributed by atoms with Gasteiger partial charge in [-0.15, -0.1) is 0 Å². The summed E-state index contributed by atoms with van der Waals surface area (Å²) in [7, 11) is 0. The van der Waals surface area contributed by atoms with Crippen molar-refractivity contribution in [2.24, 2.45) is 0 Å². The van der Waals surface area contributed by atoms with Gasteiger partial charge in [-0.1, -0.05) is 38.5 Å². The topological polar surface area (TPSA) is 20.2 Å². The second kappa shape index (κ2) is 6.76. The van der Waals surface area contributed by atoms with Crippen LogP contribution in [0.2, 0.25) is 0 Å². The van der Waals surface area contributed by atoms with E-state index in [1.807, 2.05) is 0 Å². The summed E-state index contributed by atoms with van der Waals surface area (Å²) in [6.45, 7) is 15.2. The monoisotopic (exact) mass is 238 g/mol. The van der Waals surface area contributed by atoms with Crippen molar-refractivity contribution in [3.8, 4) is 0 Å². The van der Waals surface area contributed by atoms with Crippen molar-refractivity contribution in [2.45, 2.75) is 13.0 Å². The van der Waals surface area contributed by atoms with E-state index < -0.39 is 17.8 Å². The average Bonchev–Trinajstić information content (AvgIpc) is 2.32. The molecule has 17 heavy (non-hydrogen) atoms. The van der Waals surface area contributed by atoms with Crippen LogP contribution >= 0.6 is 0 Å². The summed E-state index contributed by atoms with van der Waals surface area (Å²) in [6, 6.07) is 0. The van der Waals surface area contributed by atoms with Crippen molar-refractivity contribution in [1.29, 1.82) is 0 Å². The molecule has 3 heteroatoms. The maximum absolute atomic E-state index is 13.3. The van der Waals surface area contributed by atoms with Crippen molar-refractivity contribution < 1.29 is 13.9 Å². The fourth-order valence-corrected chi connectivity index (χ4v) is 0.822. The molecular formula is C14H16F2O. The van der Waals surface area contributed by atoms with E-state index in [9.17, 15) is 8.78 Å². The van der Waals surface area contributed by atoms with Gasteiger partial charge in [0.25, 0.3) is 0 Å². The van der Waals surface area contributed by atoms with E-state index in [2.05, 4.69) is 26.3 Å². The molecule has 0 saturated heterocycles. The van der Waals surface area contributed by atoms with E-state index in [-0.39, 0.29) is 11.1 Å². The predicted molar refractivity (Wildman–Crippen MR) is 67.7 cm³/mol. The molecule has 1 atom stereocenters. The number of allylic oxidation sites excluding steroid dienone is 6. The quantitative estimate of drug-likeness (QED) is 0.695. The van der Waals surface area contributed by atoms with Crippen molar-refractivity contribution in [2.75, 3.05) is 0 Å². The molecule has 0 radical (unpaired) electrons. The van der Waals surface area contributed by atoms with Crippen LogP contribution in [0.25, 0.3) is 0 Å². The predicted octanol–water partition coefficient (Wildman–Crippen LogP) is 3.93. The molecule has 0 spiro atoms. The van der Waals surface area contributed by atoms with E-state index >= 15 is 0 Å². The molecule has 0 aromatic carbocycles. The number of rotatable bonds is 6. The molecule has 1 unspecified atom stereocenters. The van der Waals surface area contributed by atoms with Gasteiger partial charge in [0, 0.05) is 5.57 Å². The van der Waals surface area contributed by atoms with Crippen LogP contribution in [0.5, 0.6) is 0 Å². The zero-order chi connectivity index (χ0) is 13.6. The van der Waals surface area contributed by atoms with Crippen LogP contribution < -0.4 is 0 Å². The lowest BCUT2D eigenvalue weighted by Gasteiger charge is -2.05. The van der Waals surface area contributed by atoms with Gasteiger partial charge < -0.3 is 5.11 Å². The highest BCUT2D eigenvalue weighted by Gasteiger charge is 2.09. The minimum atomic E-state index is -1.10. The first-order valence-corrected chi connectivity index (χ1v) is 4.92. The van der Waals surface area contributed by atoms with Crippen LogP contribution in [-0.4, -0.2) is 11.2 Å². The molecule has 92 valence electrons. The van der Waals surface area contributed by atoms with Crippen LogP contribution in [-0.2, 0) is 0 Å². The number of halogens is 2. The van der Waals surface area contributed by atoms with Crippen LogP contribution in [0.3, 0.4) is 0 Å². The van der Waals surface area contributed by atoms with Gasteiger partial charge in [0.05, 0.1) is 6.10 Å². The summed E-state index contributed by atoms with van der Waals surface area (Å²) < 4.78 is 26.2. The third-order valence-corrected chi connectivity index (χ3v) is 2.08. The lowest BCUT2D eigenvalue weighted by atomic mass is 10.1. The van der Waals surface area contributed by atoms with Gasteiger partial charge in [0.15, 0.2) is 11.7 Å². The van der Waals surface area contributed by atoms with E-state index in [1.165, 1.54) is 12.2 Å². The van der Waals surface area contributed by atoms with E-state index in [1.54, 1.807) is 6.92 Å². The molecule has 0 saturated carbocycles. The molecule has 1 nitrogen and oxygen atoms in total. The number of hydrogen-bond donors (Lipinski definition) is 1. The number of aliphatic hydroxyl groups excluding tert-OH is 1. The molecule has 0 aliphatic heterocycles. The maximum atomic E-state index is 13.3. The van der Waals surface area contributed by atoms with E-state index in [0.29, 0.717) is 5.57 Å². The average molecular weight is 238 g/mol. The zero-order valence-electron chi connectivity index (χ0n) is 9.84. The Morgan fingerprint density at radius 3 is 2.12 bits per heavy atom. The maximum Gasteiger partial charge on any atom is 0.165 e. The van der Waals surface area contributed by atoms with Gasteiger partial charge in [0.1, 0.15) is 0 Å². The van der Waals surface area contributed by atoms with Gasteiger partial charge in [-0.3, -0.25) is 0 Å². The summed E-state index contributed by atoms with van der Waals surface area (Å²) in [5.74, 6) is -2.18.